The third-order valence-electron chi connectivity index (χ3n) is 3.94. The van der Waals surface area contributed by atoms with Gasteiger partial charge in [-0.05, 0) is 55.4 Å². The van der Waals surface area contributed by atoms with Crippen LogP contribution in [0.15, 0.2) is 24.3 Å². The van der Waals surface area contributed by atoms with Gasteiger partial charge in [-0.25, -0.2) is 0 Å². The molecule has 1 aliphatic carbocycles. The highest BCUT2D eigenvalue weighted by atomic mass is 16.5. The molecule has 4 nitrogen and oxygen atoms in total. The van der Waals surface area contributed by atoms with E-state index in [0.717, 1.165) is 24.3 Å². The molecule has 1 aromatic carbocycles. The van der Waals surface area contributed by atoms with Crippen LogP contribution in [0.1, 0.15) is 46.5 Å². The Morgan fingerprint density at radius 2 is 1.81 bits per heavy atom. The summed E-state index contributed by atoms with van der Waals surface area (Å²) in [6.45, 7) is 5.86. The molecule has 1 amide bonds. The van der Waals surface area contributed by atoms with Crippen molar-refractivity contribution in [3.63, 3.8) is 0 Å². The van der Waals surface area contributed by atoms with E-state index in [1.165, 1.54) is 12.8 Å². The maximum Gasteiger partial charge on any atom is 0.241 e. The molecular formula is C17H26N2O2. The molecule has 1 aliphatic rings. The lowest BCUT2D eigenvalue weighted by atomic mass is 9.87. The fraction of sp³-hybridized carbons (Fsp3) is 0.588. The molecule has 2 rings (SSSR count). The van der Waals surface area contributed by atoms with Gasteiger partial charge < -0.3 is 15.8 Å². The second kappa shape index (κ2) is 6.48. The summed E-state index contributed by atoms with van der Waals surface area (Å²) in [7, 11) is 0. The van der Waals surface area contributed by atoms with E-state index < -0.39 is 6.04 Å². The van der Waals surface area contributed by atoms with Crippen LogP contribution in [0.3, 0.4) is 0 Å². The quantitative estimate of drug-likeness (QED) is 0.894. The van der Waals surface area contributed by atoms with Crippen LogP contribution >= 0.6 is 0 Å². The van der Waals surface area contributed by atoms with Crippen LogP contribution in [0.25, 0.3) is 0 Å². The summed E-state index contributed by atoms with van der Waals surface area (Å²) < 4.78 is 5.90. The van der Waals surface area contributed by atoms with Crippen molar-refractivity contribution in [3.05, 3.63) is 24.3 Å². The molecule has 0 aromatic heterocycles. The zero-order chi connectivity index (χ0) is 15.5. The van der Waals surface area contributed by atoms with Crippen molar-refractivity contribution in [3.8, 4) is 5.75 Å². The number of nitrogens with two attached hydrogens (primary N) is 1. The van der Waals surface area contributed by atoms with E-state index in [4.69, 9.17) is 10.5 Å². The van der Waals surface area contributed by atoms with E-state index in [9.17, 15) is 4.79 Å². The van der Waals surface area contributed by atoms with Crippen LogP contribution in [-0.2, 0) is 4.79 Å². The van der Waals surface area contributed by atoms with Gasteiger partial charge in [0.15, 0.2) is 0 Å². The van der Waals surface area contributed by atoms with E-state index in [0.29, 0.717) is 6.10 Å². The fourth-order valence-corrected chi connectivity index (χ4v) is 2.43. The Hall–Kier alpha value is -1.55. The molecule has 0 heterocycles. The standard InChI is InChI=1S/C17H26N2O2/c1-17(2,3)15(18)16(20)19-12-8-10-14(11-9-12)21-13-6-4-5-7-13/h8-11,13,15H,4-7,18H2,1-3H3,(H,19,20). The molecule has 0 saturated heterocycles. The van der Waals surface area contributed by atoms with Crippen LogP contribution in [0.5, 0.6) is 5.75 Å². The number of ether oxygens (including phenoxy) is 1. The molecule has 0 bridgehead atoms. The molecule has 3 N–H and O–H groups in total. The number of hydrogen-bond acceptors (Lipinski definition) is 3. The first-order valence-corrected chi connectivity index (χ1v) is 7.69. The van der Waals surface area contributed by atoms with E-state index >= 15 is 0 Å². The number of carbonyl (C=O) groups is 1. The maximum absolute atomic E-state index is 12.1. The van der Waals surface area contributed by atoms with Gasteiger partial charge in [0.1, 0.15) is 5.75 Å². The highest BCUT2D eigenvalue weighted by Gasteiger charge is 2.27. The lowest BCUT2D eigenvalue weighted by molar-refractivity contribution is -0.119. The molecule has 4 heteroatoms. The highest BCUT2D eigenvalue weighted by molar-refractivity contribution is 5.95. The van der Waals surface area contributed by atoms with Crippen molar-refractivity contribution in [1.82, 2.24) is 0 Å². The Morgan fingerprint density at radius 3 is 2.33 bits per heavy atom. The molecule has 1 saturated carbocycles. The van der Waals surface area contributed by atoms with Gasteiger partial charge in [-0.3, -0.25) is 4.79 Å². The molecular weight excluding hydrogens is 264 g/mol. The first-order valence-electron chi connectivity index (χ1n) is 7.69. The minimum absolute atomic E-state index is 0.160. The Morgan fingerprint density at radius 1 is 1.24 bits per heavy atom. The summed E-state index contributed by atoms with van der Waals surface area (Å²) in [5.41, 5.74) is 6.44. The summed E-state index contributed by atoms with van der Waals surface area (Å²) >= 11 is 0. The maximum atomic E-state index is 12.1. The summed E-state index contributed by atoms with van der Waals surface area (Å²) in [5, 5.41) is 2.85. The van der Waals surface area contributed by atoms with Crippen molar-refractivity contribution in [2.75, 3.05) is 5.32 Å². The third-order valence-corrected chi connectivity index (χ3v) is 3.94. The Kier molecular flexibility index (Phi) is 4.88. The van der Waals surface area contributed by atoms with Gasteiger partial charge in [0.25, 0.3) is 0 Å². The summed E-state index contributed by atoms with van der Waals surface area (Å²) in [6, 6.07) is 6.98. The Bertz CT molecular complexity index is 471. The van der Waals surface area contributed by atoms with E-state index in [1.807, 2.05) is 45.0 Å². The Labute approximate surface area is 127 Å². The largest absolute Gasteiger partial charge is 0.490 e. The minimum Gasteiger partial charge on any atom is -0.490 e. The van der Waals surface area contributed by atoms with Crippen molar-refractivity contribution < 1.29 is 9.53 Å². The molecule has 0 radical (unpaired) electrons. The van der Waals surface area contributed by atoms with Gasteiger partial charge in [-0.2, -0.15) is 0 Å². The van der Waals surface area contributed by atoms with Gasteiger partial charge in [0.05, 0.1) is 12.1 Å². The number of nitrogens with one attached hydrogen (secondary N) is 1. The number of hydrogen-bond donors (Lipinski definition) is 2. The molecule has 1 unspecified atom stereocenters. The van der Waals surface area contributed by atoms with E-state index in [2.05, 4.69) is 5.32 Å². The lowest BCUT2D eigenvalue weighted by Gasteiger charge is -2.25. The second-order valence-corrected chi connectivity index (χ2v) is 6.88. The molecule has 1 aromatic rings. The first kappa shape index (κ1) is 15.8. The highest BCUT2D eigenvalue weighted by Crippen LogP contribution is 2.25. The van der Waals surface area contributed by atoms with Crippen LogP contribution in [0.2, 0.25) is 0 Å². The molecule has 1 fully saturated rings. The number of anilines is 1. The van der Waals surface area contributed by atoms with Gasteiger partial charge in [-0.15, -0.1) is 0 Å². The number of amides is 1. The summed E-state index contributed by atoms with van der Waals surface area (Å²) in [6.07, 6.45) is 5.13. The third kappa shape index (κ3) is 4.46. The Balaban J connectivity index is 1.91. The average Bonchev–Trinajstić information content (AvgIpc) is 2.92. The van der Waals surface area contributed by atoms with E-state index in [1.54, 1.807) is 0 Å². The number of benzene rings is 1. The van der Waals surface area contributed by atoms with Crippen LogP contribution in [-0.4, -0.2) is 18.1 Å². The minimum atomic E-state index is -0.535. The first-order chi connectivity index (χ1) is 9.86. The molecule has 1 atom stereocenters. The molecule has 116 valence electrons. The topological polar surface area (TPSA) is 64.4 Å². The number of rotatable bonds is 4. The second-order valence-electron chi connectivity index (χ2n) is 6.88. The van der Waals surface area contributed by atoms with Crippen molar-refractivity contribution in [2.45, 2.75) is 58.6 Å². The van der Waals surface area contributed by atoms with Crippen LogP contribution < -0.4 is 15.8 Å². The van der Waals surface area contributed by atoms with Gasteiger partial charge >= 0.3 is 0 Å². The van der Waals surface area contributed by atoms with Crippen molar-refractivity contribution >= 4 is 11.6 Å². The fourth-order valence-electron chi connectivity index (χ4n) is 2.43. The molecule has 0 aliphatic heterocycles. The van der Waals surface area contributed by atoms with Crippen molar-refractivity contribution in [2.24, 2.45) is 11.1 Å². The number of carbonyl (C=O) groups excluding carboxylic acids is 1. The zero-order valence-corrected chi connectivity index (χ0v) is 13.2. The van der Waals surface area contributed by atoms with Gasteiger partial charge in [-0.1, -0.05) is 20.8 Å². The normalized spacial score (nSPS) is 17.5. The van der Waals surface area contributed by atoms with Crippen LogP contribution in [0.4, 0.5) is 5.69 Å². The predicted octanol–water partition coefficient (Wildman–Crippen LogP) is 3.32. The molecule has 21 heavy (non-hydrogen) atoms. The monoisotopic (exact) mass is 290 g/mol. The summed E-state index contributed by atoms with van der Waals surface area (Å²) in [4.78, 5) is 12.1. The van der Waals surface area contributed by atoms with Crippen molar-refractivity contribution in [1.29, 1.82) is 0 Å². The van der Waals surface area contributed by atoms with Crippen LogP contribution in [0, 0.1) is 5.41 Å². The lowest BCUT2D eigenvalue weighted by Crippen LogP contribution is -2.45. The average molecular weight is 290 g/mol. The zero-order valence-electron chi connectivity index (χ0n) is 13.2. The predicted molar refractivity (Wildman–Crippen MR) is 85.4 cm³/mol. The van der Waals surface area contributed by atoms with E-state index in [-0.39, 0.29) is 11.3 Å². The van der Waals surface area contributed by atoms with Gasteiger partial charge in [0.2, 0.25) is 5.91 Å². The summed E-state index contributed by atoms with van der Waals surface area (Å²) in [5.74, 6) is 0.701. The molecule has 0 spiro atoms. The smallest absolute Gasteiger partial charge is 0.241 e. The SMILES string of the molecule is CC(C)(C)C(N)C(=O)Nc1ccc(OC2CCCC2)cc1. The van der Waals surface area contributed by atoms with Gasteiger partial charge in [0, 0.05) is 5.69 Å².